The molecule has 0 aliphatic heterocycles. The molecule has 0 amide bonds. The van der Waals surface area contributed by atoms with Crippen molar-refractivity contribution in [3.8, 4) is 0 Å². The third kappa shape index (κ3) is 2.89. The van der Waals surface area contributed by atoms with Crippen LogP contribution in [-0.2, 0) is 0 Å². The van der Waals surface area contributed by atoms with Crippen LogP contribution >= 0.6 is 38.6 Å². The lowest BCUT2D eigenvalue weighted by Crippen LogP contribution is -1.59. The summed E-state index contributed by atoms with van der Waals surface area (Å²) in [5, 5.41) is 6.89. The first-order valence-corrected chi connectivity index (χ1v) is 8.44. The Balaban J connectivity index is 0.000000117. The van der Waals surface area contributed by atoms with Crippen LogP contribution in [0.2, 0.25) is 0 Å². The van der Waals surface area contributed by atoms with E-state index in [1.807, 2.05) is 0 Å². The number of hydrogen-bond donors (Lipinski definition) is 0. The second kappa shape index (κ2) is 5.87. The molecule has 0 unspecified atom stereocenters. The van der Waals surface area contributed by atoms with Crippen molar-refractivity contribution < 1.29 is 0 Å². The molecule has 0 atom stereocenters. The highest BCUT2D eigenvalue weighted by Crippen LogP contribution is 2.29. The van der Waals surface area contributed by atoms with Gasteiger partial charge >= 0.3 is 0 Å². The maximum Gasteiger partial charge on any atom is 0.0361 e. The monoisotopic (exact) mass is 346 g/mol. The first-order valence-electron chi connectivity index (χ1n) is 5.88. The molecule has 94 valence electrons. The molecule has 0 aliphatic carbocycles. The zero-order valence-electron chi connectivity index (χ0n) is 10.0. The predicted octanol–water partition coefficient (Wildman–Crippen LogP) is 6.57. The Morgan fingerprint density at radius 2 is 1.47 bits per heavy atom. The van der Waals surface area contributed by atoms with Crippen LogP contribution in [0.4, 0.5) is 0 Å². The van der Waals surface area contributed by atoms with Crippen molar-refractivity contribution in [3.05, 3.63) is 69.8 Å². The van der Waals surface area contributed by atoms with E-state index < -0.39 is 0 Å². The molecule has 0 saturated carbocycles. The van der Waals surface area contributed by atoms with Crippen LogP contribution in [0.5, 0.6) is 0 Å². The van der Waals surface area contributed by atoms with Gasteiger partial charge in [-0.1, -0.05) is 36.4 Å². The molecule has 19 heavy (non-hydrogen) atoms. The molecule has 2 aromatic carbocycles. The first-order chi connectivity index (χ1) is 9.34. The van der Waals surface area contributed by atoms with Crippen molar-refractivity contribution in [3.63, 3.8) is 0 Å². The average molecular weight is 347 g/mol. The average Bonchev–Trinajstić information content (AvgIpc) is 3.07. The second-order valence-corrected chi connectivity index (χ2v) is 6.75. The molecule has 0 N–H and O–H groups in total. The van der Waals surface area contributed by atoms with Gasteiger partial charge in [0.25, 0.3) is 0 Å². The van der Waals surface area contributed by atoms with E-state index in [0.29, 0.717) is 0 Å². The summed E-state index contributed by atoms with van der Waals surface area (Å²) >= 11 is 7.03. The van der Waals surface area contributed by atoms with Gasteiger partial charge in [0.15, 0.2) is 0 Å². The van der Waals surface area contributed by atoms with Crippen LogP contribution in [-0.4, -0.2) is 0 Å². The molecule has 4 rings (SSSR count). The second-order valence-electron chi connectivity index (χ2n) is 4.04. The highest BCUT2D eigenvalue weighted by Gasteiger charge is 1.97. The Morgan fingerprint density at radius 1 is 0.737 bits per heavy atom. The van der Waals surface area contributed by atoms with Crippen LogP contribution in [0, 0.1) is 0 Å². The standard InChI is InChI=1S/C8H5BrS.C8H6S/c9-7-5-10-8-4-2-1-3-6(7)8;1-2-4-8-7(3-1)5-6-9-8/h1-5H;1-6H. The van der Waals surface area contributed by atoms with E-state index >= 15 is 0 Å². The Morgan fingerprint density at radius 3 is 2.26 bits per heavy atom. The minimum Gasteiger partial charge on any atom is -0.144 e. The summed E-state index contributed by atoms with van der Waals surface area (Å²) in [6.07, 6.45) is 0. The molecule has 0 spiro atoms. The Kier molecular flexibility index (Phi) is 3.97. The highest BCUT2D eigenvalue weighted by molar-refractivity contribution is 9.10. The zero-order valence-corrected chi connectivity index (χ0v) is 13.3. The van der Waals surface area contributed by atoms with Gasteiger partial charge in [-0.05, 0) is 44.9 Å². The van der Waals surface area contributed by atoms with E-state index in [-0.39, 0.29) is 0 Å². The molecular formula is C16H11BrS2. The fourth-order valence-electron chi connectivity index (χ4n) is 1.85. The molecule has 2 heterocycles. The van der Waals surface area contributed by atoms with Crippen molar-refractivity contribution in [1.82, 2.24) is 0 Å². The Hall–Kier alpha value is -1.16. The topological polar surface area (TPSA) is 0 Å². The molecule has 0 radical (unpaired) electrons. The third-order valence-corrected chi connectivity index (χ3v) is 5.62. The van der Waals surface area contributed by atoms with Gasteiger partial charge < -0.3 is 0 Å². The van der Waals surface area contributed by atoms with Gasteiger partial charge in [-0.3, -0.25) is 0 Å². The van der Waals surface area contributed by atoms with E-state index in [4.69, 9.17) is 0 Å². The van der Waals surface area contributed by atoms with Gasteiger partial charge in [0, 0.05) is 24.6 Å². The Labute approximate surface area is 128 Å². The molecule has 0 saturated heterocycles. The van der Waals surface area contributed by atoms with E-state index in [1.54, 1.807) is 22.7 Å². The van der Waals surface area contributed by atoms with Crippen LogP contribution in [0.3, 0.4) is 0 Å². The number of hydrogen-bond acceptors (Lipinski definition) is 2. The van der Waals surface area contributed by atoms with Crippen LogP contribution in [0.25, 0.3) is 20.2 Å². The maximum absolute atomic E-state index is 3.48. The van der Waals surface area contributed by atoms with Crippen LogP contribution in [0.15, 0.2) is 69.8 Å². The normalized spacial score (nSPS) is 10.4. The molecule has 2 aromatic heterocycles. The first kappa shape index (κ1) is 12.9. The zero-order chi connectivity index (χ0) is 13.1. The summed E-state index contributed by atoms with van der Waals surface area (Å²) in [7, 11) is 0. The summed E-state index contributed by atoms with van der Waals surface area (Å²) in [6.45, 7) is 0. The van der Waals surface area contributed by atoms with Crippen molar-refractivity contribution in [2.45, 2.75) is 0 Å². The van der Waals surface area contributed by atoms with Gasteiger partial charge in [-0.15, -0.1) is 22.7 Å². The van der Waals surface area contributed by atoms with Gasteiger partial charge in [0.05, 0.1) is 0 Å². The molecule has 0 bridgehead atoms. The molecule has 0 aliphatic rings. The quantitative estimate of drug-likeness (QED) is 0.338. The number of thiophene rings is 2. The van der Waals surface area contributed by atoms with E-state index in [0.717, 1.165) is 0 Å². The SMILES string of the molecule is Brc1csc2ccccc12.c1ccc2sccc2c1. The smallest absolute Gasteiger partial charge is 0.0361 e. The van der Waals surface area contributed by atoms with Gasteiger partial charge in [0.1, 0.15) is 0 Å². The minimum atomic E-state index is 1.20. The van der Waals surface area contributed by atoms with E-state index in [9.17, 15) is 0 Å². The molecular weight excluding hydrogens is 336 g/mol. The lowest BCUT2D eigenvalue weighted by atomic mass is 10.3. The van der Waals surface area contributed by atoms with Gasteiger partial charge in [-0.2, -0.15) is 0 Å². The van der Waals surface area contributed by atoms with Crippen molar-refractivity contribution >= 4 is 58.8 Å². The number of benzene rings is 2. The number of halogens is 1. The fraction of sp³-hybridized carbons (Fsp3) is 0. The molecule has 3 heteroatoms. The number of fused-ring (bicyclic) bond motifs is 2. The lowest BCUT2D eigenvalue weighted by Gasteiger charge is -1.85. The van der Waals surface area contributed by atoms with Crippen molar-refractivity contribution in [2.24, 2.45) is 0 Å². The maximum atomic E-state index is 3.48. The molecule has 4 aromatic rings. The largest absolute Gasteiger partial charge is 0.144 e. The van der Waals surface area contributed by atoms with Crippen molar-refractivity contribution in [1.29, 1.82) is 0 Å². The van der Waals surface area contributed by atoms with Crippen LogP contribution in [0.1, 0.15) is 0 Å². The summed E-state index contributed by atoms with van der Waals surface area (Å²) in [5.41, 5.74) is 0. The summed E-state index contributed by atoms with van der Waals surface area (Å²) in [4.78, 5) is 0. The van der Waals surface area contributed by atoms with E-state index in [2.05, 4.69) is 81.3 Å². The minimum absolute atomic E-state index is 1.20. The van der Waals surface area contributed by atoms with Gasteiger partial charge in [0.2, 0.25) is 0 Å². The van der Waals surface area contributed by atoms with Gasteiger partial charge in [-0.25, -0.2) is 0 Å². The third-order valence-electron chi connectivity index (χ3n) is 2.80. The number of rotatable bonds is 0. The fourth-order valence-corrected chi connectivity index (χ4v) is 4.22. The lowest BCUT2D eigenvalue weighted by molar-refractivity contribution is 1.83. The molecule has 0 nitrogen and oxygen atoms in total. The van der Waals surface area contributed by atoms with Crippen molar-refractivity contribution in [2.75, 3.05) is 0 Å². The summed E-state index contributed by atoms with van der Waals surface area (Å²) < 4.78 is 3.92. The summed E-state index contributed by atoms with van der Waals surface area (Å²) in [6, 6.07) is 18.9. The summed E-state index contributed by atoms with van der Waals surface area (Å²) in [5.74, 6) is 0. The highest BCUT2D eigenvalue weighted by atomic mass is 79.9. The van der Waals surface area contributed by atoms with E-state index in [1.165, 1.54) is 24.6 Å². The predicted molar refractivity (Wildman–Crippen MR) is 91.4 cm³/mol. The van der Waals surface area contributed by atoms with Crippen LogP contribution < -0.4 is 0 Å². The molecule has 0 fully saturated rings. The Bertz CT molecular complexity index is 768.